The molecule has 1 heterocycles. The molecule has 3 rings (SSSR count). The van der Waals surface area contributed by atoms with Gasteiger partial charge in [0.15, 0.2) is 0 Å². The second kappa shape index (κ2) is 12.0. The van der Waals surface area contributed by atoms with E-state index in [0.29, 0.717) is 19.8 Å². The molecule has 1 aliphatic heterocycles. The summed E-state index contributed by atoms with van der Waals surface area (Å²) in [6.07, 6.45) is 0. The van der Waals surface area contributed by atoms with Crippen LogP contribution in [0, 0.1) is 0 Å². The van der Waals surface area contributed by atoms with Gasteiger partial charge in [0, 0.05) is 37.7 Å². The fourth-order valence-corrected chi connectivity index (χ4v) is 3.84. The summed E-state index contributed by atoms with van der Waals surface area (Å²) in [5.41, 5.74) is 2.54. The van der Waals surface area contributed by atoms with E-state index in [0.717, 1.165) is 37.7 Å². The van der Waals surface area contributed by atoms with Gasteiger partial charge in [-0.2, -0.15) is 0 Å². The molecule has 1 saturated heterocycles. The number of ether oxygens (including phenoxy) is 2. The molecule has 0 aliphatic carbocycles. The number of carbonyl (C=O) groups is 1. The highest BCUT2D eigenvalue weighted by molar-refractivity contribution is 6.30. The molecule has 0 spiro atoms. The molecule has 30 heavy (non-hydrogen) atoms. The van der Waals surface area contributed by atoms with Gasteiger partial charge in [0.25, 0.3) is 0 Å². The largest absolute Gasteiger partial charge is 0.480 e. The molecule has 1 N–H and O–H groups in total. The number of carboxylic acid groups (broad SMARTS) is 1. The van der Waals surface area contributed by atoms with Crippen molar-refractivity contribution >= 4 is 17.6 Å². The van der Waals surface area contributed by atoms with Gasteiger partial charge in [0.2, 0.25) is 0 Å². The number of hydrogen-bond donors (Lipinski definition) is 1. The summed E-state index contributed by atoms with van der Waals surface area (Å²) in [7, 11) is 0. The summed E-state index contributed by atoms with van der Waals surface area (Å²) >= 11 is 6.10. The molecule has 0 aromatic heterocycles. The van der Waals surface area contributed by atoms with E-state index in [-0.39, 0.29) is 12.6 Å². The number of nitrogens with zero attached hydrogens (tertiary/aromatic N) is 2. The number of benzene rings is 2. The average Bonchev–Trinajstić information content (AvgIpc) is 2.76. The first-order valence-electron chi connectivity index (χ1n) is 10.3. The van der Waals surface area contributed by atoms with Crippen molar-refractivity contribution in [2.45, 2.75) is 6.04 Å². The lowest BCUT2D eigenvalue weighted by Crippen LogP contribution is -2.48. The third kappa shape index (κ3) is 7.07. The highest BCUT2D eigenvalue weighted by Crippen LogP contribution is 2.30. The maximum absolute atomic E-state index is 10.4. The molecule has 1 atom stereocenters. The van der Waals surface area contributed by atoms with Gasteiger partial charge in [-0.1, -0.05) is 54.1 Å². The Bertz CT molecular complexity index is 765. The molecule has 2 aromatic rings. The number of halogens is 1. The molecule has 2 aromatic carbocycles. The third-order valence-electron chi connectivity index (χ3n) is 5.22. The zero-order chi connectivity index (χ0) is 21.2. The molecular weight excluding hydrogens is 404 g/mol. The Balaban J connectivity index is 1.48. The molecular formula is C23H29ClN2O4. The van der Waals surface area contributed by atoms with Crippen LogP contribution in [0.4, 0.5) is 0 Å². The highest BCUT2D eigenvalue weighted by atomic mass is 35.5. The standard InChI is InChI=1S/C23H29ClN2O4/c24-21-8-6-20(7-9-21)23(19-4-2-1-3-5-19)26-12-10-25(11-13-26)14-15-29-16-17-30-18-22(27)28/h1-9,23H,10-18H2,(H,27,28). The van der Waals surface area contributed by atoms with Gasteiger partial charge >= 0.3 is 5.97 Å². The Hall–Kier alpha value is -1.96. The van der Waals surface area contributed by atoms with Crippen LogP contribution in [0.25, 0.3) is 0 Å². The summed E-state index contributed by atoms with van der Waals surface area (Å²) < 4.78 is 10.5. The summed E-state index contributed by atoms with van der Waals surface area (Å²) in [6, 6.07) is 19.0. The van der Waals surface area contributed by atoms with Crippen LogP contribution in [0.15, 0.2) is 54.6 Å². The van der Waals surface area contributed by atoms with Crippen molar-refractivity contribution in [3.05, 3.63) is 70.7 Å². The van der Waals surface area contributed by atoms with Crippen LogP contribution in [-0.4, -0.2) is 80.0 Å². The Morgan fingerprint density at radius 2 is 1.53 bits per heavy atom. The lowest BCUT2D eigenvalue weighted by molar-refractivity contribution is -0.142. The monoisotopic (exact) mass is 432 g/mol. The minimum atomic E-state index is -0.958. The molecule has 1 unspecified atom stereocenters. The van der Waals surface area contributed by atoms with Gasteiger partial charge in [0.05, 0.1) is 25.9 Å². The van der Waals surface area contributed by atoms with E-state index in [2.05, 4.69) is 46.2 Å². The maximum atomic E-state index is 10.4. The maximum Gasteiger partial charge on any atom is 0.329 e. The van der Waals surface area contributed by atoms with Crippen molar-refractivity contribution in [2.24, 2.45) is 0 Å². The van der Waals surface area contributed by atoms with E-state index >= 15 is 0 Å². The first-order valence-corrected chi connectivity index (χ1v) is 10.7. The lowest BCUT2D eigenvalue weighted by atomic mass is 9.96. The minimum Gasteiger partial charge on any atom is -0.480 e. The average molecular weight is 433 g/mol. The second-order valence-corrected chi connectivity index (χ2v) is 7.74. The number of piperazine rings is 1. The fourth-order valence-electron chi connectivity index (χ4n) is 3.71. The van der Waals surface area contributed by atoms with Gasteiger partial charge in [0.1, 0.15) is 6.61 Å². The second-order valence-electron chi connectivity index (χ2n) is 7.30. The van der Waals surface area contributed by atoms with Crippen LogP contribution < -0.4 is 0 Å². The molecule has 0 amide bonds. The quantitative estimate of drug-likeness (QED) is 0.550. The van der Waals surface area contributed by atoms with Crippen molar-refractivity contribution in [3.63, 3.8) is 0 Å². The Morgan fingerprint density at radius 1 is 0.900 bits per heavy atom. The van der Waals surface area contributed by atoms with Gasteiger partial charge in [-0.15, -0.1) is 0 Å². The van der Waals surface area contributed by atoms with Crippen LogP contribution in [0.3, 0.4) is 0 Å². The van der Waals surface area contributed by atoms with Crippen molar-refractivity contribution in [1.82, 2.24) is 9.80 Å². The Morgan fingerprint density at radius 3 is 2.20 bits per heavy atom. The SMILES string of the molecule is O=C(O)COCCOCCN1CCN(C(c2ccccc2)c2ccc(Cl)cc2)CC1. The number of hydrogen-bond acceptors (Lipinski definition) is 5. The van der Waals surface area contributed by atoms with Crippen molar-refractivity contribution in [3.8, 4) is 0 Å². The van der Waals surface area contributed by atoms with Crippen molar-refractivity contribution in [2.75, 3.05) is 59.2 Å². The summed E-state index contributed by atoms with van der Waals surface area (Å²) in [6.45, 7) is 5.85. The van der Waals surface area contributed by atoms with E-state index in [4.69, 9.17) is 26.2 Å². The zero-order valence-corrected chi connectivity index (χ0v) is 17.8. The molecule has 0 radical (unpaired) electrons. The molecule has 162 valence electrons. The van der Waals surface area contributed by atoms with Crippen LogP contribution in [0.2, 0.25) is 5.02 Å². The predicted molar refractivity (Wildman–Crippen MR) is 117 cm³/mol. The van der Waals surface area contributed by atoms with E-state index < -0.39 is 5.97 Å². The van der Waals surface area contributed by atoms with Crippen molar-refractivity contribution in [1.29, 1.82) is 0 Å². The molecule has 1 fully saturated rings. The van der Waals surface area contributed by atoms with Crippen LogP contribution in [0.5, 0.6) is 0 Å². The lowest BCUT2D eigenvalue weighted by Gasteiger charge is -2.39. The Kier molecular flexibility index (Phi) is 9.11. The summed E-state index contributed by atoms with van der Waals surface area (Å²) in [4.78, 5) is 15.3. The smallest absolute Gasteiger partial charge is 0.329 e. The first-order chi connectivity index (χ1) is 14.6. The normalized spacial score (nSPS) is 16.4. The molecule has 6 nitrogen and oxygen atoms in total. The molecule has 7 heteroatoms. The number of carboxylic acids is 1. The number of rotatable bonds is 11. The van der Waals surface area contributed by atoms with Crippen LogP contribution >= 0.6 is 11.6 Å². The summed E-state index contributed by atoms with van der Waals surface area (Å²) in [5, 5.41) is 9.28. The van der Waals surface area contributed by atoms with Crippen LogP contribution in [-0.2, 0) is 14.3 Å². The summed E-state index contributed by atoms with van der Waals surface area (Å²) in [5.74, 6) is -0.958. The molecule has 1 aliphatic rings. The van der Waals surface area contributed by atoms with Gasteiger partial charge in [-0.25, -0.2) is 4.79 Å². The fraction of sp³-hybridized carbons (Fsp3) is 0.435. The van der Waals surface area contributed by atoms with E-state index in [1.165, 1.54) is 11.1 Å². The predicted octanol–water partition coefficient (Wildman–Crippen LogP) is 3.16. The highest BCUT2D eigenvalue weighted by Gasteiger charge is 2.26. The molecule has 0 bridgehead atoms. The molecule has 0 saturated carbocycles. The van der Waals surface area contributed by atoms with Crippen LogP contribution in [0.1, 0.15) is 17.2 Å². The van der Waals surface area contributed by atoms with E-state index in [9.17, 15) is 4.79 Å². The first kappa shape index (κ1) is 22.7. The minimum absolute atomic E-state index is 0.216. The van der Waals surface area contributed by atoms with Crippen molar-refractivity contribution < 1.29 is 19.4 Å². The van der Waals surface area contributed by atoms with Gasteiger partial charge in [-0.05, 0) is 23.3 Å². The Labute approximate surface area is 183 Å². The van der Waals surface area contributed by atoms with Gasteiger partial charge < -0.3 is 14.6 Å². The zero-order valence-electron chi connectivity index (χ0n) is 17.1. The van der Waals surface area contributed by atoms with Gasteiger partial charge in [-0.3, -0.25) is 9.80 Å². The number of aliphatic carboxylic acids is 1. The topological polar surface area (TPSA) is 62.2 Å². The van der Waals surface area contributed by atoms with E-state index in [1.54, 1.807) is 0 Å². The van der Waals surface area contributed by atoms with E-state index in [1.807, 2.05) is 18.2 Å². The third-order valence-corrected chi connectivity index (χ3v) is 5.47.